The Morgan fingerprint density at radius 3 is 2.86 bits per heavy atom. The highest BCUT2D eigenvalue weighted by Crippen LogP contribution is 2.17. The SMILES string of the molecule is CCOC(=O)c1nnc(Nc2cccc(CC(=O)OC)c2)o1. The summed E-state index contributed by atoms with van der Waals surface area (Å²) in [5, 5.41) is 10.1. The lowest BCUT2D eigenvalue weighted by molar-refractivity contribution is -0.139. The number of carbonyl (C=O) groups is 2. The Morgan fingerprint density at radius 1 is 1.32 bits per heavy atom. The van der Waals surface area contributed by atoms with Crippen LogP contribution in [0.1, 0.15) is 23.2 Å². The fourth-order valence-electron chi connectivity index (χ4n) is 1.67. The molecule has 0 saturated heterocycles. The van der Waals surface area contributed by atoms with E-state index in [4.69, 9.17) is 9.15 Å². The van der Waals surface area contributed by atoms with E-state index < -0.39 is 5.97 Å². The lowest BCUT2D eigenvalue weighted by Crippen LogP contribution is -2.04. The lowest BCUT2D eigenvalue weighted by atomic mass is 10.1. The highest BCUT2D eigenvalue weighted by atomic mass is 16.5. The minimum Gasteiger partial charge on any atom is -0.469 e. The van der Waals surface area contributed by atoms with Crippen LogP contribution in [0.4, 0.5) is 11.7 Å². The molecule has 0 fully saturated rings. The van der Waals surface area contributed by atoms with Crippen molar-refractivity contribution in [2.75, 3.05) is 19.0 Å². The smallest absolute Gasteiger partial charge is 0.396 e. The number of aromatic nitrogens is 2. The standard InChI is InChI=1S/C14H15N3O5/c1-3-21-13(19)12-16-17-14(22-12)15-10-6-4-5-9(7-10)8-11(18)20-2/h4-7H,3,8H2,1-2H3,(H,15,17). The van der Waals surface area contributed by atoms with Gasteiger partial charge in [0, 0.05) is 5.69 Å². The zero-order valence-electron chi connectivity index (χ0n) is 12.2. The maximum absolute atomic E-state index is 11.4. The number of nitrogens with zero attached hydrogens (tertiary/aromatic N) is 2. The van der Waals surface area contributed by atoms with Crippen molar-refractivity contribution < 1.29 is 23.5 Å². The number of anilines is 2. The van der Waals surface area contributed by atoms with Crippen molar-refractivity contribution in [2.45, 2.75) is 13.3 Å². The number of benzene rings is 1. The van der Waals surface area contributed by atoms with Gasteiger partial charge in [-0.05, 0) is 24.6 Å². The molecule has 116 valence electrons. The fourth-order valence-corrected chi connectivity index (χ4v) is 1.67. The van der Waals surface area contributed by atoms with E-state index in [0.717, 1.165) is 5.56 Å². The second kappa shape index (κ2) is 7.21. The monoisotopic (exact) mass is 305 g/mol. The number of ether oxygens (including phenoxy) is 2. The maximum Gasteiger partial charge on any atom is 0.396 e. The summed E-state index contributed by atoms with van der Waals surface area (Å²) in [4.78, 5) is 22.7. The highest BCUT2D eigenvalue weighted by Gasteiger charge is 2.16. The van der Waals surface area contributed by atoms with Gasteiger partial charge in [-0.2, -0.15) is 0 Å². The largest absolute Gasteiger partial charge is 0.469 e. The first-order valence-electron chi connectivity index (χ1n) is 6.55. The average Bonchev–Trinajstić information content (AvgIpc) is 2.96. The molecule has 1 aromatic heterocycles. The fraction of sp³-hybridized carbons (Fsp3) is 0.286. The van der Waals surface area contributed by atoms with Crippen LogP contribution >= 0.6 is 0 Å². The molecule has 0 saturated carbocycles. The van der Waals surface area contributed by atoms with Gasteiger partial charge in [0.05, 0.1) is 20.1 Å². The van der Waals surface area contributed by atoms with E-state index in [1.165, 1.54) is 7.11 Å². The normalized spacial score (nSPS) is 10.1. The van der Waals surface area contributed by atoms with Gasteiger partial charge in [0.25, 0.3) is 0 Å². The van der Waals surface area contributed by atoms with Crippen molar-refractivity contribution >= 4 is 23.6 Å². The molecule has 8 heteroatoms. The third-order valence-corrected chi connectivity index (χ3v) is 2.63. The predicted octanol–water partition coefficient (Wildman–Crippen LogP) is 1.71. The van der Waals surface area contributed by atoms with Gasteiger partial charge < -0.3 is 19.2 Å². The molecular formula is C14H15N3O5. The van der Waals surface area contributed by atoms with Gasteiger partial charge in [-0.3, -0.25) is 4.79 Å². The molecule has 0 amide bonds. The van der Waals surface area contributed by atoms with Crippen molar-refractivity contribution in [3.63, 3.8) is 0 Å². The molecule has 1 aromatic carbocycles. The topological polar surface area (TPSA) is 104 Å². The second-order valence-electron chi connectivity index (χ2n) is 4.21. The van der Waals surface area contributed by atoms with Crippen LogP contribution in [0.2, 0.25) is 0 Å². The zero-order chi connectivity index (χ0) is 15.9. The van der Waals surface area contributed by atoms with E-state index in [0.29, 0.717) is 5.69 Å². The van der Waals surface area contributed by atoms with Crippen LogP contribution in [0.15, 0.2) is 28.7 Å². The van der Waals surface area contributed by atoms with E-state index in [1.807, 2.05) is 0 Å². The maximum atomic E-state index is 11.4. The van der Waals surface area contributed by atoms with Crippen molar-refractivity contribution in [1.82, 2.24) is 10.2 Å². The summed E-state index contributed by atoms with van der Waals surface area (Å²) >= 11 is 0. The summed E-state index contributed by atoms with van der Waals surface area (Å²) in [6, 6.07) is 7.11. The number of nitrogens with one attached hydrogen (secondary N) is 1. The van der Waals surface area contributed by atoms with Crippen molar-refractivity contribution in [3.8, 4) is 0 Å². The first-order chi connectivity index (χ1) is 10.6. The molecule has 1 heterocycles. The first-order valence-corrected chi connectivity index (χ1v) is 6.55. The van der Waals surface area contributed by atoms with Crippen molar-refractivity contribution in [3.05, 3.63) is 35.7 Å². The van der Waals surface area contributed by atoms with Gasteiger partial charge in [0.1, 0.15) is 0 Å². The Hall–Kier alpha value is -2.90. The Balaban J connectivity index is 2.06. The van der Waals surface area contributed by atoms with Crippen LogP contribution in [0, 0.1) is 0 Å². The van der Waals surface area contributed by atoms with Gasteiger partial charge >= 0.3 is 23.8 Å². The number of esters is 2. The summed E-state index contributed by atoms with van der Waals surface area (Å²) in [5.41, 5.74) is 1.41. The van der Waals surface area contributed by atoms with E-state index in [1.54, 1.807) is 31.2 Å². The molecule has 0 spiro atoms. The molecule has 22 heavy (non-hydrogen) atoms. The van der Waals surface area contributed by atoms with E-state index in [-0.39, 0.29) is 30.9 Å². The van der Waals surface area contributed by atoms with Crippen LogP contribution < -0.4 is 5.32 Å². The van der Waals surface area contributed by atoms with Crippen LogP contribution in [0.5, 0.6) is 0 Å². The minimum absolute atomic E-state index is 0.0540. The summed E-state index contributed by atoms with van der Waals surface area (Å²) < 4.78 is 14.5. The molecule has 0 aliphatic heterocycles. The molecule has 1 N–H and O–H groups in total. The molecule has 2 aromatic rings. The highest BCUT2D eigenvalue weighted by molar-refractivity contribution is 5.84. The summed E-state index contributed by atoms with van der Waals surface area (Å²) in [6.45, 7) is 1.90. The molecule has 0 aliphatic rings. The molecule has 0 bridgehead atoms. The Labute approximate surface area is 126 Å². The van der Waals surface area contributed by atoms with Crippen LogP contribution in [-0.4, -0.2) is 35.9 Å². The summed E-state index contributed by atoms with van der Waals surface area (Å²) in [7, 11) is 1.33. The number of rotatable bonds is 6. The quantitative estimate of drug-likeness (QED) is 0.804. The number of methoxy groups -OCH3 is 1. The molecule has 2 rings (SSSR count). The van der Waals surface area contributed by atoms with Crippen molar-refractivity contribution in [1.29, 1.82) is 0 Å². The number of hydrogen-bond donors (Lipinski definition) is 1. The minimum atomic E-state index is -0.678. The average molecular weight is 305 g/mol. The van der Waals surface area contributed by atoms with Crippen LogP contribution in [0.25, 0.3) is 0 Å². The number of carbonyl (C=O) groups excluding carboxylic acids is 2. The van der Waals surface area contributed by atoms with E-state index >= 15 is 0 Å². The summed E-state index contributed by atoms with van der Waals surface area (Å²) in [5.74, 6) is -1.24. The van der Waals surface area contributed by atoms with Gasteiger partial charge in [0.15, 0.2) is 0 Å². The molecule has 0 aliphatic carbocycles. The van der Waals surface area contributed by atoms with Crippen LogP contribution in [0.3, 0.4) is 0 Å². The number of hydrogen-bond acceptors (Lipinski definition) is 8. The zero-order valence-corrected chi connectivity index (χ0v) is 12.2. The molecule has 0 radical (unpaired) electrons. The molecular weight excluding hydrogens is 290 g/mol. The first kappa shape index (κ1) is 15.5. The third kappa shape index (κ3) is 4.05. The lowest BCUT2D eigenvalue weighted by Gasteiger charge is -2.04. The molecule has 0 atom stereocenters. The van der Waals surface area contributed by atoms with Gasteiger partial charge in [-0.1, -0.05) is 22.3 Å². The Bertz CT molecular complexity index is 668. The van der Waals surface area contributed by atoms with E-state index in [9.17, 15) is 9.59 Å². The van der Waals surface area contributed by atoms with Crippen LogP contribution in [-0.2, 0) is 20.7 Å². The Kier molecular flexibility index (Phi) is 5.07. The molecule has 0 unspecified atom stereocenters. The third-order valence-electron chi connectivity index (χ3n) is 2.63. The molecule has 8 nitrogen and oxygen atoms in total. The van der Waals surface area contributed by atoms with E-state index in [2.05, 4.69) is 20.3 Å². The van der Waals surface area contributed by atoms with Gasteiger partial charge in [-0.25, -0.2) is 4.79 Å². The van der Waals surface area contributed by atoms with Gasteiger partial charge in [0.2, 0.25) is 0 Å². The predicted molar refractivity (Wildman–Crippen MR) is 75.7 cm³/mol. The summed E-state index contributed by atoms with van der Waals surface area (Å²) in [6.07, 6.45) is 0.157. The van der Waals surface area contributed by atoms with Gasteiger partial charge in [-0.15, -0.1) is 0 Å². The second-order valence-corrected chi connectivity index (χ2v) is 4.21. The Morgan fingerprint density at radius 2 is 2.14 bits per heavy atom. The van der Waals surface area contributed by atoms with Crippen molar-refractivity contribution in [2.24, 2.45) is 0 Å².